The van der Waals surface area contributed by atoms with Crippen molar-refractivity contribution in [1.82, 2.24) is 19.6 Å². The number of methoxy groups -OCH3 is 1. The van der Waals surface area contributed by atoms with Crippen molar-refractivity contribution in [1.29, 1.82) is 0 Å². The molecule has 5 aliphatic rings. The van der Waals surface area contributed by atoms with E-state index in [1.165, 1.54) is 23.6 Å². The molecule has 2 aromatic heterocycles. The number of aryl methyl sites for hydroxylation is 2. The fraction of sp³-hybridized carbons (Fsp3) is 0.383. The summed E-state index contributed by atoms with van der Waals surface area (Å²) in [6.45, 7) is 6.21. The number of thiophene rings is 1. The fourth-order valence-electron chi connectivity index (χ4n) is 11.2. The summed E-state index contributed by atoms with van der Waals surface area (Å²) in [6, 6.07) is 22.7. The van der Waals surface area contributed by atoms with Crippen LogP contribution in [-0.4, -0.2) is 74.6 Å². The van der Waals surface area contributed by atoms with Gasteiger partial charge in [-0.1, -0.05) is 59.6 Å². The minimum atomic E-state index is -1.33. The zero-order valence-corrected chi connectivity index (χ0v) is 35.5. The number of rotatable bonds is 7. The van der Waals surface area contributed by atoms with E-state index in [2.05, 4.69) is 17.0 Å². The van der Waals surface area contributed by atoms with Crippen LogP contribution in [0, 0.1) is 36.0 Å². The van der Waals surface area contributed by atoms with E-state index in [1.807, 2.05) is 56.3 Å². The first-order valence-electron chi connectivity index (χ1n) is 20.7. The Bertz CT molecular complexity index is 2650. The van der Waals surface area contributed by atoms with Crippen molar-refractivity contribution < 1.29 is 29.0 Å². The zero-order valence-electron chi connectivity index (χ0n) is 33.9. The van der Waals surface area contributed by atoms with Crippen LogP contribution in [0.15, 0.2) is 84.4 Å². The molecule has 3 aliphatic heterocycles. The normalized spacial score (nSPS) is 27.1. The number of halogens is 1. The summed E-state index contributed by atoms with van der Waals surface area (Å²) >= 11 is 7.92. The van der Waals surface area contributed by atoms with Gasteiger partial charge >= 0.3 is 0 Å². The third kappa shape index (κ3) is 5.81. The molecule has 1 saturated carbocycles. The van der Waals surface area contributed by atoms with Crippen LogP contribution in [0.5, 0.6) is 11.5 Å². The number of anilines is 1. The number of hydrogen-bond donors (Lipinski definition) is 1. The lowest BCUT2D eigenvalue weighted by atomic mass is 9.51. The highest BCUT2D eigenvalue weighted by molar-refractivity contribution is 7.22. The Morgan fingerprint density at radius 3 is 2.45 bits per heavy atom. The SMILES string of the molecule is COc1ccc([C@H]2C3=CC[C@@H]4C(=O)N(C5CCN(Cc6ccccc6)CC5)C(=O)[C@@H]4[C@@H]3C[C@H]3C(=O)N(c4cc(-c5sc6ccc(Cl)cc6c5C)nn4C)C(=O)[C@@]23C)c(O)c1. The van der Waals surface area contributed by atoms with Crippen molar-refractivity contribution >= 4 is 62.5 Å². The molecule has 3 aromatic carbocycles. The Kier molecular flexibility index (Phi) is 9.34. The summed E-state index contributed by atoms with van der Waals surface area (Å²) in [5.41, 5.74) is 2.84. The van der Waals surface area contributed by atoms with Crippen LogP contribution in [0.4, 0.5) is 5.82 Å². The molecule has 4 fully saturated rings. The molecule has 60 heavy (non-hydrogen) atoms. The second-order valence-electron chi connectivity index (χ2n) is 17.3. The minimum absolute atomic E-state index is 0.0671. The Morgan fingerprint density at radius 2 is 1.72 bits per heavy atom. The lowest BCUT2D eigenvalue weighted by Gasteiger charge is -2.49. The van der Waals surface area contributed by atoms with Gasteiger partial charge in [0.05, 0.1) is 35.2 Å². The number of likely N-dealkylation sites (tertiary alicyclic amines) is 2. The average Bonchev–Trinajstić information content (AvgIpc) is 3.92. The largest absolute Gasteiger partial charge is 0.508 e. The molecule has 308 valence electrons. The second kappa shape index (κ2) is 14.4. The van der Waals surface area contributed by atoms with Crippen LogP contribution in [-0.2, 0) is 32.8 Å². The molecular formula is C47H46ClN5O6S. The first kappa shape index (κ1) is 38.9. The maximum Gasteiger partial charge on any atom is 0.242 e. The molecule has 2 aliphatic carbocycles. The summed E-state index contributed by atoms with van der Waals surface area (Å²) < 4.78 is 8.06. The molecule has 1 N–H and O–H groups in total. The van der Waals surface area contributed by atoms with Crippen LogP contribution in [0.25, 0.3) is 20.7 Å². The number of hydrogen-bond acceptors (Lipinski definition) is 9. The number of nitrogens with zero attached hydrogens (tertiary/aromatic N) is 5. The van der Waals surface area contributed by atoms with E-state index in [0.29, 0.717) is 47.1 Å². The van der Waals surface area contributed by atoms with Crippen molar-refractivity contribution in [3.8, 4) is 22.1 Å². The van der Waals surface area contributed by atoms with E-state index in [9.17, 15) is 14.7 Å². The number of benzene rings is 3. The minimum Gasteiger partial charge on any atom is -0.508 e. The number of fused-ring (bicyclic) bond motifs is 5. The third-order valence-electron chi connectivity index (χ3n) is 14.2. The van der Waals surface area contributed by atoms with Gasteiger partial charge in [-0.15, -0.1) is 11.3 Å². The van der Waals surface area contributed by atoms with Crippen molar-refractivity contribution in [2.75, 3.05) is 25.1 Å². The van der Waals surface area contributed by atoms with Crippen LogP contribution in [0.1, 0.15) is 55.2 Å². The van der Waals surface area contributed by atoms with Crippen LogP contribution in [0.2, 0.25) is 5.02 Å². The second-order valence-corrected chi connectivity index (χ2v) is 18.8. The topological polar surface area (TPSA) is 125 Å². The fourth-order valence-corrected chi connectivity index (χ4v) is 12.6. The van der Waals surface area contributed by atoms with Gasteiger partial charge in [-0.2, -0.15) is 5.10 Å². The van der Waals surface area contributed by atoms with Gasteiger partial charge in [-0.3, -0.25) is 33.7 Å². The lowest BCUT2D eigenvalue weighted by molar-refractivity contribution is -0.144. The van der Waals surface area contributed by atoms with Gasteiger partial charge in [0.1, 0.15) is 23.0 Å². The number of phenols is 1. The molecule has 6 atom stereocenters. The lowest BCUT2D eigenvalue weighted by Crippen LogP contribution is -2.49. The van der Waals surface area contributed by atoms with Crippen molar-refractivity contribution in [3.05, 3.63) is 106 Å². The van der Waals surface area contributed by atoms with Crippen LogP contribution in [0.3, 0.4) is 0 Å². The van der Waals surface area contributed by atoms with E-state index in [1.54, 1.807) is 46.2 Å². The predicted molar refractivity (Wildman–Crippen MR) is 230 cm³/mol. The third-order valence-corrected chi connectivity index (χ3v) is 15.8. The maximum atomic E-state index is 15.2. The number of imide groups is 2. The summed E-state index contributed by atoms with van der Waals surface area (Å²) in [4.78, 5) is 65.5. The van der Waals surface area contributed by atoms with Crippen molar-refractivity contribution in [2.24, 2.45) is 36.1 Å². The van der Waals surface area contributed by atoms with E-state index < -0.39 is 40.9 Å². The molecule has 13 heteroatoms. The maximum absolute atomic E-state index is 15.2. The Labute approximate surface area is 357 Å². The number of ether oxygens (including phenoxy) is 1. The first-order chi connectivity index (χ1) is 28.9. The summed E-state index contributed by atoms with van der Waals surface area (Å²) in [5, 5.41) is 18.1. The van der Waals surface area contributed by atoms with Crippen LogP contribution < -0.4 is 9.64 Å². The number of aromatic nitrogens is 2. The van der Waals surface area contributed by atoms with E-state index in [-0.39, 0.29) is 35.9 Å². The Morgan fingerprint density at radius 1 is 0.950 bits per heavy atom. The van der Waals surface area contributed by atoms with Crippen LogP contribution >= 0.6 is 22.9 Å². The molecule has 4 amide bonds. The zero-order chi connectivity index (χ0) is 41.8. The molecule has 0 spiro atoms. The number of aromatic hydroxyl groups is 1. The Balaban J connectivity index is 0.999. The predicted octanol–water partition coefficient (Wildman–Crippen LogP) is 7.87. The highest BCUT2D eigenvalue weighted by Gasteiger charge is 2.68. The van der Waals surface area contributed by atoms with Crippen molar-refractivity contribution in [2.45, 2.75) is 58.0 Å². The van der Waals surface area contributed by atoms with Gasteiger partial charge in [-0.25, -0.2) is 4.90 Å². The smallest absolute Gasteiger partial charge is 0.242 e. The summed E-state index contributed by atoms with van der Waals surface area (Å²) in [7, 11) is 3.24. The number of allylic oxidation sites excluding steroid dienone is 2. The van der Waals surface area contributed by atoms with Gasteiger partial charge in [0.15, 0.2) is 0 Å². The number of piperidine rings is 1. The first-order valence-corrected chi connectivity index (χ1v) is 21.9. The average molecular weight is 844 g/mol. The van der Waals surface area contributed by atoms with Gasteiger partial charge in [0, 0.05) is 66.1 Å². The molecule has 5 aromatic rings. The monoisotopic (exact) mass is 843 g/mol. The highest BCUT2D eigenvalue weighted by atomic mass is 35.5. The molecule has 10 rings (SSSR count). The molecule has 5 heterocycles. The quantitative estimate of drug-likeness (QED) is 0.130. The number of amides is 4. The van der Waals surface area contributed by atoms with Gasteiger partial charge in [0.25, 0.3) is 0 Å². The standard InChI is InChI=1S/C47H46ClN5O6S/c1-25-33-20-27(48)10-15-38(33)60-42(25)36-23-39(50(3)49-36)53-44(56)35-22-34-30(41(47(35,2)46(53)58)31-12-11-29(59-4)21-37(31)54)13-14-32-40(34)45(57)52(43(32)55)28-16-18-51(19-17-28)24-26-8-6-5-7-9-26/h5-13,15,20-21,23,28,32,34-35,40-41,54H,14,16-19,22,24H2,1-4H3/t32-,34+,35-,40-,41+,47+/m0/s1. The molecule has 0 radical (unpaired) electrons. The number of carbonyl (C=O) groups is 4. The van der Waals surface area contributed by atoms with Gasteiger partial charge in [-0.05, 0) is 86.2 Å². The molecule has 3 saturated heterocycles. The van der Waals surface area contributed by atoms with E-state index in [4.69, 9.17) is 21.4 Å². The summed E-state index contributed by atoms with van der Waals surface area (Å²) in [5.74, 6) is -3.69. The van der Waals surface area contributed by atoms with Crippen molar-refractivity contribution in [3.63, 3.8) is 0 Å². The molecule has 11 nitrogen and oxygen atoms in total. The van der Waals surface area contributed by atoms with Gasteiger partial charge < -0.3 is 9.84 Å². The number of phenolic OH excluding ortho intramolecular Hbond substituents is 1. The molecule has 0 unspecified atom stereocenters. The van der Waals surface area contributed by atoms with E-state index in [0.717, 1.165) is 45.7 Å². The Hall–Kier alpha value is -5.30. The van der Waals surface area contributed by atoms with Gasteiger partial charge in [0.2, 0.25) is 23.6 Å². The molecule has 0 bridgehead atoms. The van der Waals surface area contributed by atoms with E-state index >= 15 is 9.59 Å². The number of carbonyl (C=O) groups excluding carboxylic acids is 4. The highest BCUT2D eigenvalue weighted by Crippen LogP contribution is 2.64. The summed E-state index contributed by atoms with van der Waals surface area (Å²) in [6.07, 6.45) is 3.98. The molecular weight excluding hydrogens is 798 g/mol.